The lowest BCUT2D eigenvalue weighted by Gasteiger charge is -2.34. The molecule has 0 atom stereocenters. The summed E-state index contributed by atoms with van der Waals surface area (Å²) < 4.78 is 5.05. The molecule has 0 unspecified atom stereocenters. The zero-order valence-electron chi connectivity index (χ0n) is 15.0. The summed E-state index contributed by atoms with van der Waals surface area (Å²) in [7, 11) is 0. The molecule has 0 spiro atoms. The van der Waals surface area contributed by atoms with E-state index >= 15 is 0 Å². The molecule has 26 heavy (non-hydrogen) atoms. The zero-order valence-corrected chi connectivity index (χ0v) is 15.0. The summed E-state index contributed by atoms with van der Waals surface area (Å²) in [5.41, 5.74) is 0.807. The number of nitrogens with one attached hydrogen (secondary N) is 2. The number of piperazine rings is 1. The van der Waals surface area contributed by atoms with Gasteiger partial charge in [-0.1, -0.05) is 5.16 Å². The van der Waals surface area contributed by atoms with E-state index in [0.717, 1.165) is 50.8 Å². The van der Waals surface area contributed by atoms with Gasteiger partial charge in [0.25, 0.3) is 0 Å². The third kappa shape index (κ3) is 5.41. The van der Waals surface area contributed by atoms with Crippen molar-refractivity contribution in [2.45, 2.75) is 19.9 Å². The second kappa shape index (κ2) is 9.14. The normalized spacial score (nSPS) is 15.0. The van der Waals surface area contributed by atoms with Gasteiger partial charge in [0.15, 0.2) is 5.76 Å². The summed E-state index contributed by atoms with van der Waals surface area (Å²) in [5.74, 6) is 1.45. The highest BCUT2D eigenvalue weighted by atomic mass is 16.5. The molecule has 3 heterocycles. The van der Waals surface area contributed by atoms with Crippen molar-refractivity contribution in [1.82, 2.24) is 30.7 Å². The first-order valence-electron chi connectivity index (χ1n) is 8.89. The van der Waals surface area contributed by atoms with Gasteiger partial charge in [0.2, 0.25) is 5.95 Å². The van der Waals surface area contributed by atoms with Crippen molar-refractivity contribution in [2.24, 2.45) is 0 Å². The maximum atomic E-state index is 11.8. The number of nitrogens with zero attached hydrogens (tertiary/aromatic N) is 5. The van der Waals surface area contributed by atoms with Gasteiger partial charge in [0.1, 0.15) is 0 Å². The molecule has 2 aromatic rings. The Morgan fingerprint density at radius 2 is 1.96 bits per heavy atom. The number of urea groups is 1. The molecule has 2 amide bonds. The average Bonchev–Trinajstić information content (AvgIpc) is 3.10. The van der Waals surface area contributed by atoms with E-state index in [9.17, 15) is 4.79 Å². The SMILES string of the molecule is Cc1cc(CNC(=O)NCCCN2CCN(c3ncccn3)CC2)on1. The summed E-state index contributed by atoms with van der Waals surface area (Å²) in [6, 6.07) is 3.45. The zero-order chi connectivity index (χ0) is 18.2. The number of carbonyl (C=O) groups excluding carboxylic acids is 1. The van der Waals surface area contributed by atoms with Crippen molar-refractivity contribution in [2.75, 3.05) is 44.2 Å². The van der Waals surface area contributed by atoms with Gasteiger partial charge in [-0.05, 0) is 26.0 Å². The Kier molecular flexibility index (Phi) is 6.37. The molecule has 1 aliphatic heterocycles. The van der Waals surface area contributed by atoms with Gasteiger partial charge >= 0.3 is 6.03 Å². The minimum atomic E-state index is -0.190. The minimum Gasteiger partial charge on any atom is -0.359 e. The Morgan fingerprint density at radius 3 is 2.65 bits per heavy atom. The van der Waals surface area contributed by atoms with Gasteiger partial charge in [-0.2, -0.15) is 0 Å². The smallest absolute Gasteiger partial charge is 0.315 e. The second-order valence-corrected chi connectivity index (χ2v) is 6.28. The number of anilines is 1. The number of hydrogen-bond donors (Lipinski definition) is 2. The molecule has 0 aliphatic carbocycles. The molecule has 9 heteroatoms. The maximum Gasteiger partial charge on any atom is 0.315 e. The molecule has 1 aliphatic rings. The van der Waals surface area contributed by atoms with E-state index < -0.39 is 0 Å². The van der Waals surface area contributed by atoms with E-state index in [0.29, 0.717) is 18.8 Å². The van der Waals surface area contributed by atoms with Crippen LogP contribution in [-0.2, 0) is 6.54 Å². The predicted molar refractivity (Wildman–Crippen MR) is 96.8 cm³/mol. The summed E-state index contributed by atoms with van der Waals surface area (Å²) in [6.07, 6.45) is 4.46. The number of aromatic nitrogens is 3. The molecule has 2 N–H and O–H groups in total. The number of hydrogen-bond acceptors (Lipinski definition) is 7. The highest BCUT2D eigenvalue weighted by molar-refractivity contribution is 5.73. The molecule has 9 nitrogen and oxygen atoms in total. The second-order valence-electron chi connectivity index (χ2n) is 6.28. The molecule has 1 fully saturated rings. The Balaban J connectivity index is 1.26. The van der Waals surface area contributed by atoms with Crippen LogP contribution in [0.5, 0.6) is 0 Å². The van der Waals surface area contributed by atoms with Crippen molar-refractivity contribution in [1.29, 1.82) is 0 Å². The highest BCUT2D eigenvalue weighted by Crippen LogP contribution is 2.09. The van der Waals surface area contributed by atoms with E-state index in [2.05, 4.69) is 35.6 Å². The molecule has 140 valence electrons. The van der Waals surface area contributed by atoms with E-state index in [4.69, 9.17) is 4.52 Å². The van der Waals surface area contributed by atoms with Crippen molar-refractivity contribution < 1.29 is 9.32 Å². The fraction of sp³-hybridized carbons (Fsp3) is 0.529. The van der Waals surface area contributed by atoms with Crippen LogP contribution in [0.4, 0.5) is 10.7 Å². The van der Waals surface area contributed by atoms with Crippen molar-refractivity contribution in [3.63, 3.8) is 0 Å². The van der Waals surface area contributed by atoms with E-state index in [-0.39, 0.29) is 6.03 Å². The molecular formula is C17H25N7O2. The molecule has 0 bridgehead atoms. The van der Waals surface area contributed by atoms with Crippen LogP contribution in [0.3, 0.4) is 0 Å². The average molecular weight is 359 g/mol. The standard InChI is InChI=1S/C17H25N7O2/c1-14-12-15(26-22-14)13-21-17(25)20-6-3-7-23-8-10-24(11-9-23)16-18-4-2-5-19-16/h2,4-5,12H,3,6-11,13H2,1H3,(H2,20,21,25). The summed E-state index contributed by atoms with van der Waals surface area (Å²) >= 11 is 0. The number of aryl methyl sites for hydroxylation is 1. The summed E-state index contributed by atoms with van der Waals surface area (Å²) in [5, 5.41) is 9.40. The van der Waals surface area contributed by atoms with Gasteiger partial charge in [0.05, 0.1) is 12.2 Å². The van der Waals surface area contributed by atoms with Crippen LogP contribution in [0, 0.1) is 6.92 Å². The maximum absolute atomic E-state index is 11.8. The monoisotopic (exact) mass is 359 g/mol. The van der Waals surface area contributed by atoms with Crippen LogP contribution in [-0.4, -0.2) is 65.3 Å². The third-order valence-corrected chi connectivity index (χ3v) is 4.24. The summed E-state index contributed by atoms with van der Waals surface area (Å²) in [4.78, 5) is 24.9. The Morgan fingerprint density at radius 1 is 1.19 bits per heavy atom. The van der Waals surface area contributed by atoms with E-state index in [1.807, 2.05) is 13.0 Å². The molecular weight excluding hydrogens is 334 g/mol. The van der Waals surface area contributed by atoms with Crippen LogP contribution < -0.4 is 15.5 Å². The first-order chi connectivity index (χ1) is 12.7. The lowest BCUT2D eigenvalue weighted by atomic mass is 10.3. The van der Waals surface area contributed by atoms with Crippen molar-refractivity contribution >= 4 is 12.0 Å². The van der Waals surface area contributed by atoms with Crippen LogP contribution in [0.2, 0.25) is 0 Å². The first kappa shape index (κ1) is 18.1. The quantitative estimate of drug-likeness (QED) is 0.705. The highest BCUT2D eigenvalue weighted by Gasteiger charge is 2.18. The molecule has 0 radical (unpaired) electrons. The van der Waals surface area contributed by atoms with Gasteiger partial charge in [-0.25, -0.2) is 14.8 Å². The lowest BCUT2D eigenvalue weighted by molar-refractivity contribution is 0.234. The summed E-state index contributed by atoms with van der Waals surface area (Å²) in [6.45, 7) is 7.61. The molecule has 2 aromatic heterocycles. The number of carbonyl (C=O) groups is 1. The van der Waals surface area contributed by atoms with Gasteiger partial charge in [0, 0.05) is 51.2 Å². The van der Waals surface area contributed by atoms with Crippen molar-refractivity contribution in [3.8, 4) is 0 Å². The molecule has 3 rings (SSSR count). The fourth-order valence-electron chi connectivity index (χ4n) is 2.86. The van der Waals surface area contributed by atoms with Crippen LogP contribution in [0.25, 0.3) is 0 Å². The number of amides is 2. The third-order valence-electron chi connectivity index (χ3n) is 4.24. The van der Waals surface area contributed by atoms with Crippen LogP contribution >= 0.6 is 0 Å². The van der Waals surface area contributed by atoms with Gasteiger partial charge in [-0.3, -0.25) is 4.90 Å². The van der Waals surface area contributed by atoms with Gasteiger partial charge < -0.3 is 20.1 Å². The Bertz CT molecular complexity index is 683. The Labute approximate surface area is 152 Å². The fourth-order valence-corrected chi connectivity index (χ4v) is 2.86. The van der Waals surface area contributed by atoms with E-state index in [1.54, 1.807) is 18.5 Å². The lowest BCUT2D eigenvalue weighted by Crippen LogP contribution is -2.47. The van der Waals surface area contributed by atoms with Crippen LogP contribution in [0.15, 0.2) is 29.0 Å². The molecule has 0 aromatic carbocycles. The number of rotatable bonds is 7. The van der Waals surface area contributed by atoms with Crippen LogP contribution in [0.1, 0.15) is 17.9 Å². The predicted octanol–water partition coefficient (Wildman–Crippen LogP) is 0.785. The van der Waals surface area contributed by atoms with E-state index in [1.165, 1.54) is 0 Å². The first-order valence-corrected chi connectivity index (χ1v) is 8.89. The minimum absolute atomic E-state index is 0.190. The Hall–Kier alpha value is -2.68. The molecule has 1 saturated heterocycles. The van der Waals surface area contributed by atoms with Gasteiger partial charge in [-0.15, -0.1) is 0 Å². The largest absolute Gasteiger partial charge is 0.359 e. The molecule has 0 saturated carbocycles. The topological polar surface area (TPSA) is 99.4 Å². The van der Waals surface area contributed by atoms with Crippen molar-refractivity contribution in [3.05, 3.63) is 36.0 Å².